The number of hydrogen-bond acceptors (Lipinski definition) is 5. The molecule has 0 amide bonds. The van der Waals surface area contributed by atoms with Crippen LogP contribution in [0, 0.1) is 0 Å². The second-order valence-corrected chi connectivity index (χ2v) is 5.40. The van der Waals surface area contributed by atoms with Gasteiger partial charge >= 0.3 is 12.1 Å². The van der Waals surface area contributed by atoms with Crippen molar-refractivity contribution >= 4 is 22.6 Å². The van der Waals surface area contributed by atoms with Gasteiger partial charge in [0.2, 0.25) is 11.0 Å². The lowest BCUT2D eigenvalue weighted by Gasteiger charge is -2.35. The van der Waals surface area contributed by atoms with Crippen LogP contribution in [0.3, 0.4) is 0 Å². The van der Waals surface area contributed by atoms with Crippen LogP contribution in [-0.2, 0) is 11.0 Å². The molecule has 0 spiro atoms. The molecule has 112 valence electrons. The van der Waals surface area contributed by atoms with Gasteiger partial charge in [0.25, 0.3) is 0 Å². The predicted molar refractivity (Wildman–Crippen MR) is 66.8 cm³/mol. The number of carboxylic acids is 1. The molecule has 5 nitrogen and oxygen atoms in total. The molecule has 0 aliphatic carbocycles. The minimum absolute atomic E-state index is 0.00605. The van der Waals surface area contributed by atoms with E-state index in [0.29, 0.717) is 13.0 Å². The third-order valence-corrected chi connectivity index (χ3v) is 3.99. The van der Waals surface area contributed by atoms with E-state index >= 15 is 0 Å². The maximum absolute atomic E-state index is 12.5. The number of alkyl halides is 3. The molecule has 1 fully saturated rings. The topological polar surface area (TPSA) is 66.3 Å². The Morgan fingerprint density at radius 3 is 2.80 bits per heavy atom. The van der Waals surface area contributed by atoms with E-state index in [1.165, 1.54) is 0 Å². The average molecular weight is 309 g/mol. The Morgan fingerprint density at radius 2 is 2.20 bits per heavy atom. The summed E-state index contributed by atoms with van der Waals surface area (Å²) >= 11 is 0.718. The molecule has 1 unspecified atom stereocenters. The molecule has 0 aromatic carbocycles. The van der Waals surface area contributed by atoms with Gasteiger partial charge in [-0.1, -0.05) is 0 Å². The SMILES string of the molecule is O=C(O)CCC1CCCCN1c1nc(C(F)(F)F)ns1. The van der Waals surface area contributed by atoms with E-state index in [1.54, 1.807) is 4.90 Å². The van der Waals surface area contributed by atoms with Crippen LogP contribution in [0.2, 0.25) is 0 Å². The smallest absolute Gasteiger partial charge is 0.452 e. The van der Waals surface area contributed by atoms with Gasteiger partial charge in [0.15, 0.2) is 0 Å². The first-order chi connectivity index (χ1) is 9.38. The lowest BCUT2D eigenvalue weighted by molar-refractivity contribution is -0.144. The van der Waals surface area contributed by atoms with Gasteiger partial charge in [0.1, 0.15) is 0 Å². The molecule has 2 heterocycles. The maximum Gasteiger partial charge on any atom is 0.452 e. The summed E-state index contributed by atoms with van der Waals surface area (Å²) < 4.78 is 40.9. The molecule has 1 aliphatic heterocycles. The first-order valence-corrected chi connectivity index (χ1v) is 7.04. The normalized spacial score (nSPS) is 20.1. The zero-order valence-electron chi connectivity index (χ0n) is 10.6. The minimum atomic E-state index is -4.54. The van der Waals surface area contributed by atoms with Crippen LogP contribution in [0.25, 0.3) is 0 Å². The zero-order chi connectivity index (χ0) is 14.8. The summed E-state index contributed by atoms with van der Waals surface area (Å²) in [6.07, 6.45) is -1.53. The number of rotatable bonds is 4. The Bertz CT molecular complexity index is 478. The average Bonchev–Trinajstić information content (AvgIpc) is 2.86. The Labute approximate surface area is 117 Å². The van der Waals surface area contributed by atoms with Crippen LogP contribution in [0.15, 0.2) is 0 Å². The van der Waals surface area contributed by atoms with Crippen LogP contribution >= 0.6 is 11.5 Å². The second-order valence-electron chi connectivity index (χ2n) is 4.67. The fraction of sp³-hybridized carbons (Fsp3) is 0.727. The maximum atomic E-state index is 12.5. The van der Waals surface area contributed by atoms with Crippen molar-refractivity contribution in [2.45, 2.75) is 44.3 Å². The van der Waals surface area contributed by atoms with Gasteiger partial charge in [0, 0.05) is 30.5 Å². The number of halogens is 3. The molecular weight excluding hydrogens is 295 g/mol. The number of carboxylic acid groups (broad SMARTS) is 1. The van der Waals surface area contributed by atoms with E-state index in [1.807, 2.05) is 0 Å². The summed E-state index contributed by atoms with van der Waals surface area (Å²) in [6, 6.07) is -0.0751. The molecule has 0 saturated carbocycles. The summed E-state index contributed by atoms with van der Waals surface area (Å²) in [7, 11) is 0. The van der Waals surface area contributed by atoms with Gasteiger partial charge in [0.05, 0.1) is 0 Å². The Kier molecular flexibility index (Phi) is 4.46. The highest BCUT2D eigenvalue weighted by Gasteiger charge is 2.37. The molecule has 1 saturated heterocycles. The van der Waals surface area contributed by atoms with E-state index in [2.05, 4.69) is 9.36 Å². The lowest BCUT2D eigenvalue weighted by Crippen LogP contribution is -2.39. The summed E-state index contributed by atoms with van der Waals surface area (Å²) in [5, 5.41) is 8.95. The molecule has 1 N–H and O–H groups in total. The van der Waals surface area contributed by atoms with Crippen LogP contribution in [0.1, 0.15) is 37.9 Å². The predicted octanol–water partition coefficient (Wildman–Crippen LogP) is 2.78. The minimum Gasteiger partial charge on any atom is -0.481 e. The lowest BCUT2D eigenvalue weighted by atomic mass is 9.98. The van der Waals surface area contributed by atoms with E-state index < -0.39 is 18.0 Å². The van der Waals surface area contributed by atoms with Crippen LogP contribution < -0.4 is 4.90 Å². The Morgan fingerprint density at radius 1 is 1.45 bits per heavy atom. The van der Waals surface area contributed by atoms with Gasteiger partial charge in [-0.3, -0.25) is 4.79 Å². The van der Waals surface area contributed by atoms with Gasteiger partial charge in [-0.25, -0.2) is 0 Å². The molecular formula is C11H14F3N3O2S. The van der Waals surface area contributed by atoms with Gasteiger partial charge in [-0.05, 0) is 25.7 Å². The van der Waals surface area contributed by atoms with Crippen molar-refractivity contribution in [3.05, 3.63) is 5.82 Å². The first-order valence-electron chi connectivity index (χ1n) is 6.27. The zero-order valence-corrected chi connectivity index (χ0v) is 11.4. The van der Waals surface area contributed by atoms with Gasteiger partial charge < -0.3 is 10.0 Å². The quantitative estimate of drug-likeness (QED) is 0.926. The monoisotopic (exact) mass is 309 g/mol. The molecule has 2 rings (SSSR count). The highest BCUT2D eigenvalue weighted by molar-refractivity contribution is 7.09. The van der Waals surface area contributed by atoms with Crippen molar-refractivity contribution in [2.75, 3.05) is 11.4 Å². The highest BCUT2D eigenvalue weighted by Crippen LogP contribution is 2.33. The third-order valence-electron chi connectivity index (χ3n) is 3.23. The van der Waals surface area contributed by atoms with Gasteiger partial charge in [-0.2, -0.15) is 22.5 Å². The van der Waals surface area contributed by atoms with E-state index in [-0.39, 0.29) is 17.6 Å². The highest BCUT2D eigenvalue weighted by atomic mass is 32.1. The van der Waals surface area contributed by atoms with Crippen molar-refractivity contribution in [2.24, 2.45) is 0 Å². The molecule has 20 heavy (non-hydrogen) atoms. The van der Waals surface area contributed by atoms with Crippen LogP contribution in [0.5, 0.6) is 0 Å². The number of aromatic nitrogens is 2. The summed E-state index contributed by atoms with van der Waals surface area (Å²) in [4.78, 5) is 15.9. The molecule has 0 radical (unpaired) electrons. The van der Waals surface area contributed by atoms with Crippen molar-refractivity contribution < 1.29 is 23.1 Å². The van der Waals surface area contributed by atoms with E-state index in [4.69, 9.17) is 5.11 Å². The Balaban J connectivity index is 2.11. The van der Waals surface area contributed by atoms with E-state index in [0.717, 1.165) is 30.8 Å². The number of anilines is 1. The summed E-state index contributed by atoms with van der Waals surface area (Å²) in [5.41, 5.74) is 0. The molecule has 1 aromatic heterocycles. The fourth-order valence-electron chi connectivity index (χ4n) is 2.29. The van der Waals surface area contributed by atoms with Crippen molar-refractivity contribution in [1.82, 2.24) is 9.36 Å². The van der Waals surface area contributed by atoms with Crippen LogP contribution in [0.4, 0.5) is 18.3 Å². The van der Waals surface area contributed by atoms with Crippen molar-refractivity contribution in [3.8, 4) is 0 Å². The molecule has 1 atom stereocenters. The number of nitrogens with zero attached hydrogens (tertiary/aromatic N) is 3. The molecule has 9 heteroatoms. The molecule has 1 aromatic rings. The molecule has 0 bridgehead atoms. The summed E-state index contributed by atoms with van der Waals surface area (Å²) in [5.74, 6) is -2.02. The number of carbonyl (C=O) groups is 1. The third kappa shape index (κ3) is 3.59. The first kappa shape index (κ1) is 15.0. The fourth-order valence-corrected chi connectivity index (χ4v) is 3.07. The van der Waals surface area contributed by atoms with E-state index in [9.17, 15) is 18.0 Å². The van der Waals surface area contributed by atoms with Crippen molar-refractivity contribution in [3.63, 3.8) is 0 Å². The second kappa shape index (κ2) is 5.94. The van der Waals surface area contributed by atoms with Crippen LogP contribution in [-0.4, -0.2) is 33.0 Å². The van der Waals surface area contributed by atoms with Crippen molar-refractivity contribution in [1.29, 1.82) is 0 Å². The number of hydrogen-bond donors (Lipinski definition) is 1. The summed E-state index contributed by atoms with van der Waals surface area (Å²) in [6.45, 7) is 0.594. The largest absolute Gasteiger partial charge is 0.481 e. The Hall–Kier alpha value is -1.38. The standard InChI is InChI=1S/C11H14F3N3O2S/c12-11(13,14)9-15-10(20-16-9)17-6-2-1-3-7(17)4-5-8(18)19/h7H,1-6H2,(H,18,19). The number of aliphatic carboxylic acids is 1. The van der Waals surface area contributed by atoms with Gasteiger partial charge in [-0.15, -0.1) is 0 Å². The number of piperidine rings is 1. The molecule has 1 aliphatic rings.